The molecule has 1 atom stereocenters. The molecule has 0 radical (unpaired) electrons. The van der Waals surface area contributed by atoms with Crippen LogP contribution in [0.2, 0.25) is 0 Å². The van der Waals surface area contributed by atoms with Gasteiger partial charge in [-0.1, -0.05) is 13.8 Å². The lowest BCUT2D eigenvalue weighted by molar-refractivity contribution is 0.109. The summed E-state index contributed by atoms with van der Waals surface area (Å²) in [6.45, 7) is 10.9. The van der Waals surface area contributed by atoms with E-state index >= 15 is 0 Å². The zero-order chi connectivity index (χ0) is 11.5. The van der Waals surface area contributed by atoms with Crippen molar-refractivity contribution in [1.82, 2.24) is 10.6 Å². The van der Waals surface area contributed by atoms with Crippen LogP contribution in [0.3, 0.4) is 0 Å². The summed E-state index contributed by atoms with van der Waals surface area (Å²) in [5.41, 5.74) is 0. The molecule has 3 nitrogen and oxygen atoms in total. The van der Waals surface area contributed by atoms with Crippen molar-refractivity contribution in [2.45, 2.75) is 39.7 Å². The summed E-state index contributed by atoms with van der Waals surface area (Å²) < 4.78 is 5.18. The first-order chi connectivity index (χ1) is 7.16. The monoisotopic (exact) mass is 216 g/mol. The first-order valence-corrected chi connectivity index (χ1v) is 6.11. The third-order valence-corrected chi connectivity index (χ3v) is 2.40. The van der Waals surface area contributed by atoms with Gasteiger partial charge in [-0.15, -0.1) is 0 Å². The molecule has 15 heavy (non-hydrogen) atoms. The molecule has 92 valence electrons. The second-order valence-corrected chi connectivity index (χ2v) is 4.54. The smallest absolute Gasteiger partial charge is 0.0543 e. The van der Waals surface area contributed by atoms with Crippen molar-refractivity contribution < 1.29 is 4.74 Å². The number of hydrogen-bond acceptors (Lipinski definition) is 3. The Labute approximate surface area is 95.0 Å². The molecule has 0 amide bonds. The van der Waals surface area contributed by atoms with E-state index in [0.29, 0.717) is 6.10 Å². The van der Waals surface area contributed by atoms with Crippen LogP contribution in [0.15, 0.2) is 0 Å². The topological polar surface area (TPSA) is 33.3 Å². The fourth-order valence-corrected chi connectivity index (χ4v) is 1.32. The predicted octanol–water partition coefficient (Wildman–Crippen LogP) is 1.64. The Bertz CT molecular complexity index is 129. The van der Waals surface area contributed by atoms with Gasteiger partial charge in [-0.3, -0.25) is 0 Å². The van der Waals surface area contributed by atoms with Gasteiger partial charge in [0.05, 0.1) is 6.10 Å². The Balaban J connectivity index is 2.99. The highest BCUT2D eigenvalue weighted by molar-refractivity contribution is 4.56. The number of nitrogens with one attached hydrogen (secondary N) is 2. The van der Waals surface area contributed by atoms with Gasteiger partial charge < -0.3 is 15.4 Å². The molecule has 0 aliphatic rings. The van der Waals surface area contributed by atoms with Crippen LogP contribution in [0, 0.1) is 5.92 Å². The number of ether oxygens (including phenoxy) is 1. The summed E-state index contributed by atoms with van der Waals surface area (Å²) in [5, 5.41) is 6.83. The fourth-order valence-electron chi connectivity index (χ4n) is 1.32. The largest absolute Gasteiger partial charge is 0.382 e. The van der Waals surface area contributed by atoms with Gasteiger partial charge in [0, 0.05) is 20.2 Å². The van der Waals surface area contributed by atoms with Gasteiger partial charge in [0.15, 0.2) is 0 Å². The lowest BCUT2D eigenvalue weighted by Gasteiger charge is -2.10. The molecule has 0 spiro atoms. The van der Waals surface area contributed by atoms with Gasteiger partial charge in [-0.2, -0.15) is 0 Å². The van der Waals surface area contributed by atoms with Crippen LogP contribution in [-0.4, -0.2) is 39.4 Å². The van der Waals surface area contributed by atoms with Crippen molar-refractivity contribution in [1.29, 1.82) is 0 Å². The minimum atomic E-state index is 0.394. The van der Waals surface area contributed by atoms with E-state index < -0.39 is 0 Å². The number of rotatable bonds is 10. The Morgan fingerprint density at radius 1 is 1.00 bits per heavy atom. The molecule has 1 unspecified atom stereocenters. The Morgan fingerprint density at radius 2 is 1.67 bits per heavy atom. The van der Waals surface area contributed by atoms with E-state index in [4.69, 9.17) is 4.74 Å². The van der Waals surface area contributed by atoms with Crippen molar-refractivity contribution in [3.63, 3.8) is 0 Å². The molecule has 0 rings (SSSR count). The molecular weight excluding hydrogens is 188 g/mol. The summed E-state index contributed by atoms with van der Waals surface area (Å²) in [5.74, 6) is 0.743. The highest BCUT2D eigenvalue weighted by Gasteiger charge is 1.97. The van der Waals surface area contributed by atoms with E-state index in [1.54, 1.807) is 7.11 Å². The minimum Gasteiger partial charge on any atom is -0.382 e. The van der Waals surface area contributed by atoms with Crippen molar-refractivity contribution in [2.75, 3.05) is 33.3 Å². The molecule has 0 fully saturated rings. The van der Waals surface area contributed by atoms with E-state index in [9.17, 15) is 0 Å². The van der Waals surface area contributed by atoms with Crippen LogP contribution in [0.4, 0.5) is 0 Å². The van der Waals surface area contributed by atoms with E-state index in [2.05, 4.69) is 31.4 Å². The van der Waals surface area contributed by atoms with Crippen molar-refractivity contribution in [3.8, 4) is 0 Å². The van der Waals surface area contributed by atoms with Crippen LogP contribution in [0.25, 0.3) is 0 Å². The normalized spacial score (nSPS) is 13.4. The molecule has 3 heteroatoms. The molecule has 0 heterocycles. The minimum absolute atomic E-state index is 0.394. The molecule has 0 saturated heterocycles. The zero-order valence-electron chi connectivity index (χ0n) is 10.8. The molecule has 0 aromatic rings. The third-order valence-electron chi connectivity index (χ3n) is 2.40. The summed E-state index contributed by atoms with van der Waals surface area (Å²) in [6, 6.07) is 0. The molecule has 0 aliphatic carbocycles. The number of hydrogen-bond donors (Lipinski definition) is 2. The second kappa shape index (κ2) is 10.4. The SMILES string of the molecule is COC(C)CCCNCCNCC(C)C. The van der Waals surface area contributed by atoms with Crippen LogP contribution < -0.4 is 10.6 Å². The highest BCUT2D eigenvalue weighted by atomic mass is 16.5. The average Bonchev–Trinajstić information content (AvgIpc) is 2.21. The van der Waals surface area contributed by atoms with Gasteiger partial charge in [-0.25, -0.2) is 0 Å². The van der Waals surface area contributed by atoms with Crippen LogP contribution in [0.5, 0.6) is 0 Å². The van der Waals surface area contributed by atoms with Crippen molar-refractivity contribution in [3.05, 3.63) is 0 Å². The van der Waals surface area contributed by atoms with Gasteiger partial charge in [0.25, 0.3) is 0 Å². The van der Waals surface area contributed by atoms with Crippen LogP contribution >= 0.6 is 0 Å². The summed E-state index contributed by atoms with van der Waals surface area (Å²) in [4.78, 5) is 0. The van der Waals surface area contributed by atoms with E-state index in [1.807, 2.05) is 0 Å². The summed E-state index contributed by atoms with van der Waals surface area (Å²) >= 11 is 0. The van der Waals surface area contributed by atoms with Crippen LogP contribution in [-0.2, 0) is 4.74 Å². The zero-order valence-corrected chi connectivity index (χ0v) is 10.8. The van der Waals surface area contributed by atoms with Gasteiger partial charge in [0.1, 0.15) is 0 Å². The Kier molecular flexibility index (Phi) is 10.3. The standard InChI is InChI=1S/C12H28N2O/c1-11(2)10-14-9-8-13-7-5-6-12(3)15-4/h11-14H,5-10H2,1-4H3. The molecular formula is C12H28N2O. The lowest BCUT2D eigenvalue weighted by Crippen LogP contribution is -2.30. The highest BCUT2D eigenvalue weighted by Crippen LogP contribution is 1.97. The second-order valence-electron chi connectivity index (χ2n) is 4.54. The Morgan fingerprint density at radius 3 is 2.27 bits per heavy atom. The molecule has 0 saturated carbocycles. The van der Waals surface area contributed by atoms with Crippen LogP contribution in [0.1, 0.15) is 33.6 Å². The van der Waals surface area contributed by atoms with Crippen molar-refractivity contribution in [2.24, 2.45) is 5.92 Å². The maximum absolute atomic E-state index is 5.18. The van der Waals surface area contributed by atoms with Gasteiger partial charge in [-0.05, 0) is 38.8 Å². The quantitative estimate of drug-likeness (QED) is 0.545. The lowest BCUT2D eigenvalue weighted by atomic mass is 10.2. The van der Waals surface area contributed by atoms with E-state index in [1.165, 1.54) is 6.42 Å². The summed E-state index contributed by atoms with van der Waals surface area (Å²) in [6.07, 6.45) is 2.73. The summed E-state index contributed by atoms with van der Waals surface area (Å²) in [7, 11) is 1.77. The van der Waals surface area contributed by atoms with E-state index in [-0.39, 0.29) is 0 Å². The molecule has 0 bridgehead atoms. The van der Waals surface area contributed by atoms with Gasteiger partial charge >= 0.3 is 0 Å². The molecule has 0 aromatic carbocycles. The average molecular weight is 216 g/mol. The number of methoxy groups -OCH3 is 1. The van der Waals surface area contributed by atoms with Gasteiger partial charge in [0.2, 0.25) is 0 Å². The van der Waals surface area contributed by atoms with Crippen molar-refractivity contribution >= 4 is 0 Å². The molecule has 0 aliphatic heterocycles. The Hall–Kier alpha value is -0.120. The first kappa shape index (κ1) is 14.9. The predicted molar refractivity (Wildman–Crippen MR) is 66.3 cm³/mol. The molecule has 2 N–H and O–H groups in total. The maximum Gasteiger partial charge on any atom is 0.0543 e. The molecule has 0 aromatic heterocycles. The first-order valence-electron chi connectivity index (χ1n) is 6.11. The third kappa shape index (κ3) is 11.8. The fraction of sp³-hybridized carbons (Fsp3) is 1.00. The van der Waals surface area contributed by atoms with E-state index in [0.717, 1.165) is 38.5 Å². The maximum atomic E-state index is 5.18.